The number of nitrogens with zero attached hydrogens (tertiary/aromatic N) is 6. The molecule has 0 fully saturated rings. The molecule has 50 heavy (non-hydrogen) atoms. The quantitative estimate of drug-likeness (QED) is 0.188. The summed E-state index contributed by atoms with van der Waals surface area (Å²) >= 11 is 0. The van der Waals surface area contributed by atoms with Gasteiger partial charge in [-0.3, -0.25) is 4.57 Å². The minimum absolute atomic E-state index is 0.523. The molecule has 0 unspecified atom stereocenters. The normalized spacial score (nSPS) is 11.6. The lowest BCUT2D eigenvalue weighted by molar-refractivity contribution is 0.946. The highest BCUT2D eigenvalue weighted by atomic mass is 15.2. The summed E-state index contributed by atoms with van der Waals surface area (Å²) in [7, 11) is 0. The fourth-order valence-corrected chi connectivity index (χ4v) is 7.07. The highest BCUT2D eigenvalue weighted by Crippen LogP contribution is 2.38. The Bertz CT molecular complexity index is 2800. The smallest absolute Gasteiger partial charge is 0.240 e. The van der Waals surface area contributed by atoms with Crippen LogP contribution in [-0.4, -0.2) is 29.1 Å². The molecule has 0 saturated heterocycles. The Hall–Kier alpha value is -6.92. The van der Waals surface area contributed by atoms with Crippen LogP contribution < -0.4 is 0 Å². The van der Waals surface area contributed by atoms with Crippen LogP contribution in [0.2, 0.25) is 0 Å². The molecule has 0 bridgehead atoms. The molecular formula is C44H28N6. The third-order valence-corrected chi connectivity index (χ3v) is 9.37. The molecule has 0 N–H and O–H groups in total. The second-order valence-electron chi connectivity index (χ2n) is 12.4. The molecule has 0 spiro atoms. The molecule has 0 radical (unpaired) electrons. The summed E-state index contributed by atoms with van der Waals surface area (Å²) in [6.45, 7) is 0. The zero-order valence-electron chi connectivity index (χ0n) is 26.8. The molecule has 6 heteroatoms. The third kappa shape index (κ3) is 4.50. The van der Waals surface area contributed by atoms with Crippen molar-refractivity contribution in [3.8, 4) is 45.5 Å². The van der Waals surface area contributed by atoms with Crippen molar-refractivity contribution >= 4 is 43.9 Å². The second-order valence-corrected chi connectivity index (χ2v) is 12.4. The van der Waals surface area contributed by atoms with Crippen LogP contribution in [0.25, 0.3) is 89.4 Å². The SMILES string of the molecule is c1ccc(-c2cccc(-n3c4ccccc4c4nc5c(cc43)c3ccccc3n5-c3nc(-c4ccccc4)nc(-c4ccccc4)n3)c2)cc1. The lowest BCUT2D eigenvalue weighted by Crippen LogP contribution is -2.07. The summed E-state index contributed by atoms with van der Waals surface area (Å²) < 4.78 is 4.42. The van der Waals surface area contributed by atoms with E-state index < -0.39 is 0 Å². The van der Waals surface area contributed by atoms with Crippen molar-refractivity contribution in [3.05, 3.63) is 170 Å². The Kier molecular flexibility index (Phi) is 6.39. The van der Waals surface area contributed by atoms with Gasteiger partial charge in [0.15, 0.2) is 11.6 Å². The zero-order chi connectivity index (χ0) is 33.0. The van der Waals surface area contributed by atoms with E-state index >= 15 is 0 Å². The van der Waals surface area contributed by atoms with E-state index in [1.165, 1.54) is 5.56 Å². The number of hydrogen-bond donors (Lipinski definition) is 0. The van der Waals surface area contributed by atoms with E-state index in [0.717, 1.165) is 66.3 Å². The van der Waals surface area contributed by atoms with E-state index in [0.29, 0.717) is 17.6 Å². The summed E-state index contributed by atoms with van der Waals surface area (Å²) in [4.78, 5) is 20.6. The lowest BCUT2D eigenvalue weighted by atomic mass is 10.1. The maximum absolute atomic E-state index is 5.49. The van der Waals surface area contributed by atoms with Gasteiger partial charge in [-0.2, -0.15) is 9.97 Å². The van der Waals surface area contributed by atoms with Gasteiger partial charge in [0.1, 0.15) is 5.65 Å². The van der Waals surface area contributed by atoms with Gasteiger partial charge in [0, 0.05) is 33.0 Å². The van der Waals surface area contributed by atoms with Gasteiger partial charge in [0.05, 0.1) is 22.1 Å². The first-order valence-electron chi connectivity index (χ1n) is 16.7. The third-order valence-electron chi connectivity index (χ3n) is 9.37. The van der Waals surface area contributed by atoms with Gasteiger partial charge < -0.3 is 4.57 Å². The fourth-order valence-electron chi connectivity index (χ4n) is 7.07. The number of para-hydroxylation sites is 2. The van der Waals surface area contributed by atoms with Crippen molar-refractivity contribution < 1.29 is 0 Å². The molecule has 10 rings (SSSR count). The number of benzene rings is 6. The van der Waals surface area contributed by atoms with E-state index in [1.54, 1.807) is 0 Å². The molecule has 0 amide bonds. The molecular weight excluding hydrogens is 613 g/mol. The molecule has 0 atom stereocenters. The monoisotopic (exact) mass is 640 g/mol. The summed E-state index contributed by atoms with van der Waals surface area (Å²) in [5.74, 6) is 1.74. The van der Waals surface area contributed by atoms with Gasteiger partial charge in [0.2, 0.25) is 5.95 Å². The minimum atomic E-state index is 0.523. The number of aromatic nitrogens is 6. The van der Waals surface area contributed by atoms with Crippen LogP contribution in [-0.2, 0) is 0 Å². The van der Waals surface area contributed by atoms with E-state index in [2.05, 4.69) is 118 Å². The Morgan fingerprint density at radius 3 is 1.54 bits per heavy atom. The van der Waals surface area contributed by atoms with Crippen LogP contribution in [0.3, 0.4) is 0 Å². The van der Waals surface area contributed by atoms with Crippen LogP contribution >= 0.6 is 0 Å². The minimum Gasteiger partial charge on any atom is -0.308 e. The van der Waals surface area contributed by atoms with Gasteiger partial charge in [-0.15, -0.1) is 0 Å². The van der Waals surface area contributed by atoms with E-state index in [1.807, 2.05) is 60.7 Å². The van der Waals surface area contributed by atoms with Crippen LogP contribution in [0.4, 0.5) is 0 Å². The molecule has 4 heterocycles. The fraction of sp³-hybridized carbons (Fsp3) is 0. The van der Waals surface area contributed by atoms with Crippen LogP contribution in [0.1, 0.15) is 0 Å². The second kappa shape index (κ2) is 11.4. The van der Waals surface area contributed by atoms with Gasteiger partial charge >= 0.3 is 0 Å². The van der Waals surface area contributed by atoms with Crippen molar-refractivity contribution in [1.82, 2.24) is 29.1 Å². The maximum atomic E-state index is 5.49. The predicted molar refractivity (Wildman–Crippen MR) is 203 cm³/mol. The van der Waals surface area contributed by atoms with Crippen LogP contribution in [0.15, 0.2) is 170 Å². The summed E-state index contributed by atoms with van der Waals surface area (Å²) in [5, 5.41) is 3.19. The lowest BCUT2D eigenvalue weighted by Gasteiger charge is -2.11. The average Bonchev–Trinajstić information content (AvgIpc) is 3.70. The number of fused-ring (bicyclic) bond motifs is 6. The Morgan fingerprint density at radius 1 is 0.340 bits per heavy atom. The summed E-state index contributed by atoms with van der Waals surface area (Å²) in [6, 6.07) is 58.6. The Labute approximate surface area is 287 Å². The summed E-state index contributed by atoms with van der Waals surface area (Å²) in [6.07, 6.45) is 0. The molecule has 6 nitrogen and oxygen atoms in total. The first-order chi connectivity index (χ1) is 24.8. The van der Waals surface area contributed by atoms with Gasteiger partial charge in [-0.1, -0.05) is 140 Å². The molecule has 0 aliphatic rings. The van der Waals surface area contributed by atoms with Gasteiger partial charge in [-0.05, 0) is 41.5 Å². The van der Waals surface area contributed by atoms with E-state index in [-0.39, 0.29) is 0 Å². The molecule has 0 saturated carbocycles. The van der Waals surface area contributed by atoms with E-state index in [9.17, 15) is 0 Å². The van der Waals surface area contributed by atoms with Crippen molar-refractivity contribution in [2.75, 3.05) is 0 Å². The summed E-state index contributed by atoms with van der Waals surface area (Å²) in [5.41, 5.74) is 10.1. The zero-order valence-corrected chi connectivity index (χ0v) is 26.8. The van der Waals surface area contributed by atoms with E-state index in [4.69, 9.17) is 19.9 Å². The molecule has 0 aliphatic carbocycles. The number of hydrogen-bond acceptors (Lipinski definition) is 4. The number of rotatable bonds is 5. The molecule has 4 aromatic heterocycles. The largest absolute Gasteiger partial charge is 0.308 e. The van der Waals surface area contributed by atoms with Crippen LogP contribution in [0, 0.1) is 0 Å². The van der Waals surface area contributed by atoms with Crippen molar-refractivity contribution in [2.45, 2.75) is 0 Å². The van der Waals surface area contributed by atoms with Crippen molar-refractivity contribution in [2.24, 2.45) is 0 Å². The van der Waals surface area contributed by atoms with Crippen molar-refractivity contribution in [1.29, 1.82) is 0 Å². The topological polar surface area (TPSA) is 61.4 Å². The average molecular weight is 641 g/mol. The van der Waals surface area contributed by atoms with Gasteiger partial charge in [0.25, 0.3) is 0 Å². The highest BCUT2D eigenvalue weighted by Gasteiger charge is 2.22. The number of pyridine rings is 1. The first-order valence-corrected chi connectivity index (χ1v) is 16.7. The first kappa shape index (κ1) is 28.1. The molecule has 0 aliphatic heterocycles. The standard InChI is InChI=1S/C44H28N6/c1-4-15-29(16-5-1)32-21-14-22-33(27-32)49-38-26-13-11-24-35(38)40-39(49)28-36-34-23-10-12-25-37(34)50(43(36)45-40)44-47-41(30-17-6-2-7-18-30)46-42(48-44)31-19-8-3-9-20-31/h1-28H. The Morgan fingerprint density at radius 2 is 0.880 bits per heavy atom. The molecule has 6 aromatic carbocycles. The van der Waals surface area contributed by atoms with Crippen molar-refractivity contribution in [3.63, 3.8) is 0 Å². The van der Waals surface area contributed by atoms with Crippen LogP contribution in [0.5, 0.6) is 0 Å². The maximum Gasteiger partial charge on any atom is 0.240 e. The highest BCUT2D eigenvalue weighted by molar-refractivity contribution is 6.15. The van der Waals surface area contributed by atoms with Gasteiger partial charge in [-0.25, -0.2) is 9.97 Å². The molecule has 10 aromatic rings. The molecule has 234 valence electrons. The predicted octanol–water partition coefficient (Wildman–Crippen LogP) is 10.5. The Balaban J connectivity index is 1.27.